The summed E-state index contributed by atoms with van der Waals surface area (Å²) in [7, 11) is 1.63. The lowest BCUT2D eigenvalue weighted by atomic mass is 10.1. The van der Waals surface area contributed by atoms with Crippen LogP contribution in [0.15, 0.2) is 28.7 Å². The summed E-state index contributed by atoms with van der Waals surface area (Å²) in [5.41, 5.74) is 1.09. The highest BCUT2D eigenvalue weighted by Gasteiger charge is 2.15. The van der Waals surface area contributed by atoms with Crippen molar-refractivity contribution in [3.05, 3.63) is 41.6 Å². The van der Waals surface area contributed by atoms with E-state index in [1.54, 1.807) is 7.11 Å². The Balaban J connectivity index is 1.86. The summed E-state index contributed by atoms with van der Waals surface area (Å²) in [5.74, 6) is 1.03. The first kappa shape index (κ1) is 15.0. The molecule has 0 saturated heterocycles. The van der Waals surface area contributed by atoms with E-state index < -0.39 is 0 Å². The minimum absolute atomic E-state index is 0.00402. The van der Waals surface area contributed by atoms with Gasteiger partial charge in [-0.05, 0) is 24.1 Å². The first-order valence-electron chi connectivity index (χ1n) is 6.84. The highest BCUT2D eigenvalue weighted by molar-refractivity contribution is 5.89. The summed E-state index contributed by atoms with van der Waals surface area (Å²) in [6.07, 6.45) is 0.702. The molecule has 0 radical (unpaired) electrons. The number of rotatable bonds is 6. The lowest BCUT2D eigenvalue weighted by Crippen LogP contribution is -2.26. The second-order valence-electron chi connectivity index (χ2n) is 4.96. The van der Waals surface area contributed by atoms with E-state index in [0.717, 1.165) is 11.3 Å². The molecule has 2 rings (SSSR count). The Bertz CT molecular complexity index is 608. The van der Waals surface area contributed by atoms with E-state index in [2.05, 4.69) is 15.5 Å². The van der Waals surface area contributed by atoms with E-state index in [1.807, 2.05) is 38.1 Å². The van der Waals surface area contributed by atoms with E-state index in [9.17, 15) is 4.79 Å². The van der Waals surface area contributed by atoms with Crippen LogP contribution in [0.1, 0.15) is 41.9 Å². The monoisotopic (exact) mass is 289 g/mol. The van der Waals surface area contributed by atoms with Crippen molar-refractivity contribution in [2.75, 3.05) is 13.7 Å². The normalized spacial score (nSPS) is 10.7. The number of nitrogens with zero attached hydrogens (tertiary/aromatic N) is 2. The molecule has 1 aromatic carbocycles. The van der Waals surface area contributed by atoms with Gasteiger partial charge in [-0.2, -0.15) is 0 Å². The third-order valence-electron chi connectivity index (χ3n) is 2.96. The Kier molecular flexibility index (Phi) is 4.92. The van der Waals surface area contributed by atoms with Crippen molar-refractivity contribution in [1.82, 2.24) is 15.5 Å². The minimum Gasteiger partial charge on any atom is -0.497 e. The molecule has 6 nitrogen and oxygen atoms in total. The van der Waals surface area contributed by atoms with Crippen molar-refractivity contribution >= 4 is 5.91 Å². The molecule has 0 bridgehead atoms. The number of aromatic nitrogens is 2. The smallest absolute Gasteiger partial charge is 0.308 e. The maximum absolute atomic E-state index is 11.9. The topological polar surface area (TPSA) is 77.2 Å². The molecule has 1 aromatic heterocycles. The molecule has 0 spiro atoms. The van der Waals surface area contributed by atoms with Gasteiger partial charge in [-0.25, -0.2) is 0 Å². The predicted octanol–water partition coefficient (Wildman–Crippen LogP) is 2.17. The lowest BCUT2D eigenvalue weighted by Gasteiger charge is -2.05. The number of ether oxygens (including phenoxy) is 1. The Morgan fingerprint density at radius 3 is 2.86 bits per heavy atom. The van der Waals surface area contributed by atoms with Crippen LogP contribution in [-0.2, 0) is 6.42 Å². The number of benzene rings is 1. The van der Waals surface area contributed by atoms with E-state index in [4.69, 9.17) is 9.15 Å². The Labute approximate surface area is 123 Å². The van der Waals surface area contributed by atoms with Gasteiger partial charge in [0.15, 0.2) is 0 Å². The van der Waals surface area contributed by atoms with Crippen molar-refractivity contribution in [3.8, 4) is 5.75 Å². The van der Waals surface area contributed by atoms with Gasteiger partial charge >= 0.3 is 11.8 Å². The molecule has 0 saturated carbocycles. The number of carbonyl (C=O) groups is 1. The Morgan fingerprint density at radius 2 is 2.19 bits per heavy atom. The standard InChI is InChI=1S/C15H19N3O3/c1-10(2)14-17-18-15(21-14)13(19)16-8-7-11-5-4-6-12(9-11)20-3/h4-6,9-10H,7-8H2,1-3H3,(H,16,19). The van der Waals surface area contributed by atoms with E-state index >= 15 is 0 Å². The lowest BCUT2D eigenvalue weighted by molar-refractivity contribution is 0.0917. The van der Waals surface area contributed by atoms with Crippen LogP contribution in [0.2, 0.25) is 0 Å². The zero-order valence-corrected chi connectivity index (χ0v) is 12.4. The van der Waals surface area contributed by atoms with E-state index in [1.165, 1.54) is 0 Å². The third kappa shape index (κ3) is 4.05. The van der Waals surface area contributed by atoms with Crippen molar-refractivity contribution in [2.24, 2.45) is 0 Å². The highest BCUT2D eigenvalue weighted by atomic mass is 16.5. The molecule has 112 valence electrons. The van der Waals surface area contributed by atoms with Crippen LogP contribution in [0.4, 0.5) is 0 Å². The van der Waals surface area contributed by atoms with Crippen LogP contribution in [0.25, 0.3) is 0 Å². The summed E-state index contributed by atoms with van der Waals surface area (Å²) >= 11 is 0. The van der Waals surface area contributed by atoms with Gasteiger partial charge < -0.3 is 14.5 Å². The predicted molar refractivity (Wildman–Crippen MR) is 77.4 cm³/mol. The number of carbonyl (C=O) groups excluding carboxylic acids is 1. The van der Waals surface area contributed by atoms with Gasteiger partial charge in [0, 0.05) is 12.5 Å². The van der Waals surface area contributed by atoms with Crippen molar-refractivity contribution in [1.29, 1.82) is 0 Å². The number of nitrogens with one attached hydrogen (secondary N) is 1. The number of hydrogen-bond acceptors (Lipinski definition) is 5. The average molecular weight is 289 g/mol. The second-order valence-corrected chi connectivity index (χ2v) is 4.96. The maximum atomic E-state index is 11.9. The number of hydrogen-bond donors (Lipinski definition) is 1. The fourth-order valence-electron chi connectivity index (χ4n) is 1.78. The van der Waals surface area contributed by atoms with Gasteiger partial charge in [-0.15, -0.1) is 10.2 Å². The van der Waals surface area contributed by atoms with Crippen LogP contribution in [-0.4, -0.2) is 29.8 Å². The Hall–Kier alpha value is -2.37. The summed E-state index contributed by atoms with van der Waals surface area (Å²) in [5, 5.41) is 10.3. The SMILES string of the molecule is COc1cccc(CCNC(=O)c2nnc(C(C)C)o2)c1. The summed E-state index contributed by atoms with van der Waals surface area (Å²) in [6, 6.07) is 7.73. The van der Waals surface area contributed by atoms with Crippen molar-refractivity contribution < 1.29 is 13.9 Å². The molecule has 0 unspecified atom stereocenters. The van der Waals surface area contributed by atoms with Crippen molar-refractivity contribution in [3.63, 3.8) is 0 Å². The molecule has 0 atom stereocenters. The zero-order valence-electron chi connectivity index (χ0n) is 12.4. The molecule has 1 heterocycles. The summed E-state index contributed by atoms with van der Waals surface area (Å²) in [6.45, 7) is 4.35. The second kappa shape index (κ2) is 6.88. The molecular weight excluding hydrogens is 270 g/mol. The van der Waals surface area contributed by atoms with Crippen LogP contribution < -0.4 is 10.1 Å². The minimum atomic E-state index is -0.350. The molecule has 0 aliphatic heterocycles. The van der Waals surface area contributed by atoms with Gasteiger partial charge in [0.05, 0.1) is 7.11 Å². The first-order valence-corrected chi connectivity index (χ1v) is 6.84. The largest absolute Gasteiger partial charge is 0.497 e. The van der Waals surface area contributed by atoms with Gasteiger partial charge in [0.25, 0.3) is 0 Å². The molecule has 0 aliphatic carbocycles. The quantitative estimate of drug-likeness (QED) is 0.882. The van der Waals surface area contributed by atoms with Crippen LogP contribution in [0.5, 0.6) is 5.75 Å². The fourth-order valence-corrected chi connectivity index (χ4v) is 1.78. The Morgan fingerprint density at radius 1 is 1.38 bits per heavy atom. The van der Waals surface area contributed by atoms with Gasteiger partial charge in [-0.3, -0.25) is 4.79 Å². The van der Waals surface area contributed by atoms with Gasteiger partial charge in [-0.1, -0.05) is 26.0 Å². The molecule has 0 fully saturated rings. The van der Waals surface area contributed by atoms with E-state index in [-0.39, 0.29) is 17.7 Å². The fraction of sp³-hybridized carbons (Fsp3) is 0.400. The molecule has 6 heteroatoms. The molecular formula is C15H19N3O3. The first-order chi connectivity index (χ1) is 10.1. The van der Waals surface area contributed by atoms with Gasteiger partial charge in [0.2, 0.25) is 5.89 Å². The molecule has 1 N–H and O–H groups in total. The highest BCUT2D eigenvalue weighted by Crippen LogP contribution is 2.13. The van der Waals surface area contributed by atoms with Crippen molar-refractivity contribution in [2.45, 2.75) is 26.2 Å². The van der Waals surface area contributed by atoms with Crippen LogP contribution >= 0.6 is 0 Å². The zero-order chi connectivity index (χ0) is 15.2. The molecule has 21 heavy (non-hydrogen) atoms. The van der Waals surface area contributed by atoms with Gasteiger partial charge in [0.1, 0.15) is 5.75 Å². The molecule has 0 aliphatic rings. The van der Waals surface area contributed by atoms with Crippen LogP contribution in [0, 0.1) is 0 Å². The number of amides is 1. The maximum Gasteiger partial charge on any atom is 0.308 e. The molecule has 2 aromatic rings. The molecule has 1 amide bonds. The average Bonchev–Trinajstić information content (AvgIpc) is 2.97. The number of methoxy groups -OCH3 is 1. The van der Waals surface area contributed by atoms with Crippen LogP contribution in [0.3, 0.4) is 0 Å². The third-order valence-corrected chi connectivity index (χ3v) is 2.96. The van der Waals surface area contributed by atoms with E-state index in [0.29, 0.717) is 18.9 Å². The summed E-state index contributed by atoms with van der Waals surface area (Å²) < 4.78 is 10.4. The summed E-state index contributed by atoms with van der Waals surface area (Å²) in [4.78, 5) is 11.9.